The quantitative estimate of drug-likeness (QED) is 0.391. The molecule has 2 N–H and O–H groups in total. The number of methoxy groups -OCH3 is 2. The number of H-pyrrole nitrogens is 1. The Balaban J connectivity index is 0.00000152. The van der Waals surface area contributed by atoms with Gasteiger partial charge in [0.1, 0.15) is 21.7 Å². The van der Waals surface area contributed by atoms with Gasteiger partial charge in [-0.1, -0.05) is 12.1 Å². The molecule has 3 aromatic heterocycles. The van der Waals surface area contributed by atoms with Crippen molar-refractivity contribution < 1.29 is 9.47 Å². The maximum Gasteiger partial charge on any atom is 0.328 e. The lowest BCUT2D eigenvalue weighted by Gasteiger charge is -2.32. The van der Waals surface area contributed by atoms with E-state index in [1.54, 1.807) is 26.5 Å². The van der Waals surface area contributed by atoms with E-state index in [1.807, 2.05) is 6.07 Å². The minimum absolute atomic E-state index is 0. The molecular formula is C25H28Cl2N4O4S. The highest BCUT2D eigenvalue weighted by Gasteiger charge is 2.40. The van der Waals surface area contributed by atoms with E-state index in [0.29, 0.717) is 46.3 Å². The van der Waals surface area contributed by atoms with Crippen molar-refractivity contribution in [2.24, 2.45) is 5.92 Å². The molecule has 0 radical (unpaired) electrons. The molecule has 4 aromatic rings. The highest BCUT2D eigenvalue weighted by molar-refractivity contribution is 7.26. The Morgan fingerprint density at radius 2 is 1.92 bits per heavy atom. The van der Waals surface area contributed by atoms with Crippen LogP contribution in [0.15, 0.2) is 40.1 Å². The molecule has 1 aromatic carbocycles. The van der Waals surface area contributed by atoms with Crippen LogP contribution in [0.3, 0.4) is 0 Å². The normalized spacial score (nSPS) is 20.3. The molecule has 0 spiro atoms. The lowest BCUT2D eigenvalue weighted by atomic mass is 9.73. The Bertz CT molecular complexity index is 1530. The summed E-state index contributed by atoms with van der Waals surface area (Å²) in [5.74, 6) is 2.51. The van der Waals surface area contributed by atoms with Crippen LogP contribution in [-0.2, 0) is 13.0 Å². The van der Waals surface area contributed by atoms with Crippen LogP contribution in [0.1, 0.15) is 29.9 Å². The highest BCUT2D eigenvalue weighted by atomic mass is 35.5. The molecular weight excluding hydrogens is 523 g/mol. The van der Waals surface area contributed by atoms with Crippen LogP contribution >= 0.6 is 36.2 Å². The predicted molar refractivity (Wildman–Crippen MR) is 147 cm³/mol. The number of rotatable bonds is 5. The zero-order chi connectivity index (χ0) is 23.4. The molecule has 3 atom stereocenters. The molecule has 1 unspecified atom stereocenters. The highest BCUT2D eigenvalue weighted by Crippen LogP contribution is 2.45. The third-order valence-corrected chi connectivity index (χ3v) is 8.62. The summed E-state index contributed by atoms with van der Waals surface area (Å²) in [6.45, 7) is 1.31. The third-order valence-electron chi connectivity index (χ3n) is 7.43. The smallest absolute Gasteiger partial charge is 0.328 e. The van der Waals surface area contributed by atoms with Gasteiger partial charge in [-0.05, 0) is 55.0 Å². The van der Waals surface area contributed by atoms with Crippen LogP contribution in [0.5, 0.6) is 11.5 Å². The molecule has 1 saturated heterocycles. The van der Waals surface area contributed by atoms with Crippen molar-refractivity contribution in [3.63, 3.8) is 0 Å². The number of thiophene rings is 1. The van der Waals surface area contributed by atoms with Crippen LogP contribution in [0.4, 0.5) is 0 Å². The Kier molecular flexibility index (Phi) is 7.66. The van der Waals surface area contributed by atoms with E-state index in [9.17, 15) is 9.59 Å². The van der Waals surface area contributed by atoms with E-state index >= 15 is 0 Å². The first-order chi connectivity index (χ1) is 16.6. The summed E-state index contributed by atoms with van der Waals surface area (Å²) in [5, 5.41) is 3.67. The van der Waals surface area contributed by atoms with Crippen molar-refractivity contribution in [1.82, 2.24) is 19.9 Å². The number of ether oxygens (including phenoxy) is 2. The van der Waals surface area contributed by atoms with E-state index in [2.05, 4.69) is 27.4 Å². The van der Waals surface area contributed by atoms with Crippen molar-refractivity contribution in [2.75, 3.05) is 20.8 Å². The summed E-state index contributed by atoms with van der Waals surface area (Å²) >= 11 is 1.31. The molecule has 0 bridgehead atoms. The second-order valence-electron chi connectivity index (χ2n) is 9.04. The largest absolute Gasteiger partial charge is 0.496 e. The van der Waals surface area contributed by atoms with Gasteiger partial charge in [0.05, 0.1) is 24.4 Å². The molecule has 1 aliphatic heterocycles. The van der Waals surface area contributed by atoms with Crippen molar-refractivity contribution in [3.05, 3.63) is 62.4 Å². The summed E-state index contributed by atoms with van der Waals surface area (Å²) in [6, 6.07) is 8.25. The van der Waals surface area contributed by atoms with Gasteiger partial charge >= 0.3 is 5.69 Å². The zero-order valence-electron chi connectivity index (χ0n) is 19.9. The number of halogens is 2. The number of hydrogen-bond donors (Lipinski definition) is 2. The molecule has 36 heavy (non-hydrogen) atoms. The Morgan fingerprint density at radius 1 is 1.11 bits per heavy atom. The van der Waals surface area contributed by atoms with Crippen LogP contribution in [0, 0.1) is 5.92 Å². The second kappa shape index (κ2) is 10.4. The number of aromatic nitrogens is 3. The van der Waals surface area contributed by atoms with Gasteiger partial charge in [-0.25, -0.2) is 4.79 Å². The lowest BCUT2D eigenvalue weighted by molar-refractivity contribution is 0.371. The van der Waals surface area contributed by atoms with Crippen molar-refractivity contribution in [1.29, 1.82) is 0 Å². The summed E-state index contributed by atoms with van der Waals surface area (Å²) in [6.07, 6.45) is 4.45. The standard InChI is InChI=1S/C25H26N4O4S.2ClH/c1-32-17-5-3-4-15-14(17)7-6-13-12-27-16(19(13)15)9-11-29-24(30)23-21(28-25(29)31)20-22(34-23)18(33-2)8-10-26-20;;/h3-5,8,10,13,16,19,27H,6-7,9,11-12H2,1-2H3,(H,28,31);2*1H/t13-,16?,19+;;/m0../s1. The lowest BCUT2D eigenvalue weighted by Crippen LogP contribution is -2.37. The molecule has 0 saturated carbocycles. The van der Waals surface area contributed by atoms with Gasteiger partial charge in [-0.15, -0.1) is 36.2 Å². The van der Waals surface area contributed by atoms with E-state index in [-0.39, 0.29) is 36.4 Å². The molecule has 0 amide bonds. The first kappa shape index (κ1) is 26.5. The number of nitrogens with one attached hydrogen (secondary N) is 2. The van der Waals surface area contributed by atoms with Crippen LogP contribution in [-0.4, -0.2) is 41.3 Å². The predicted octanol–water partition coefficient (Wildman–Crippen LogP) is 3.87. The number of benzene rings is 1. The van der Waals surface area contributed by atoms with Crippen LogP contribution < -0.4 is 26.0 Å². The van der Waals surface area contributed by atoms with E-state index < -0.39 is 5.69 Å². The minimum atomic E-state index is -0.401. The summed E-state index contributed by atoms with van der Waals surface area (Å²) < 4.78 is 13.6. The SMILES string of the molecule is COc1cccc2c1CC[C@H]1CNC(CCn3c(=O)[nH]c4c(sc5c(OC)ccnc54)c3=O)[C@@H]21.Cl.Cl. The maximum atomic E-state index is 13.3. The number of nitrogens with zero attached hydrogens (tertiary/aromatic N) is 2. The van der Waals surface area contributed by atoms with Crippen molar-refractivity contribution >= 4 is 56.6 Å². The number of hydrogen-bond acceptors (Lipinski definition) is 7. The molecule has 1 fully saturated rings. The Labute approximate surface area is 223 Å². The van der Waals surface area contributed by atoms with Gasteiger partial charge in [-0.2, -0.15) is 0 Å². The third kappa shape index (κ3) is 4.08. The number of fused-ring (bicyclic) bond motifs is 6. The molecule has 192 valence electrons. The Morgan fingerprint density at radius 3 is 2.69 bits per heavy atom. The fourth-order valence-electron chi connectivity index (χ4n) is 5.86. The van der Waals surface area contributed by atoms with Gasteiger partial charge in [0.25, 0.3) is 5.56 Å². The zero-order valence-corrected chi connectivity index (χ0v) is 22.4. The fourth-order valence-corrected chi connectivity index (χ4v) is 7.01. The monoisotopic (exact) mass is 550 g/mol. The van der Waals surface area contributed by atoms with Crippen molar-refractivity contribution in [3.8, 4) is 11.5 Å². The fraction of sp³-hybridized carbons (Fsp3) is 0.400. The van der Waals surface area contributed by atoms with E-state index in [4.69, 9.17) is 9.47 Å². The summed E-state index contributed by atoms with van der Waals surface area (Å²) in [7, 11) is 3.31. The maximum absolute atomic E-state index is 13.3. The van der Waals surface area contributed by atoms with E-state index in [0.717, 1.165) is 29.8 Å². The first-order valence-electron chi connectivity index (χ1n) is 11.6. The minimum Gasteiger partial charge on any atom is -0.496 e. The Hall–Kier alpha value is -2.59. The number of aromatic amines is 1. The molecule has 8 nitrogen and oxygen atoms in total. The van der Waals surface area contributed by atoms with Crippen LogP contribution in [0.25, 0.3) is 20.4 Å². The van der Waals surface area contributed by atoms with Gasteiger partial charge in [0.2, 0.25) is 0 Å². The second-order valence-corrected chi connectivity index (χ2v) is 10.1. The average Bonchev–Trinajstić information content (AvgIpc) is 3.45. The van der Waals surface area contributed by atoms with E-state index in [1.165, 1.54) is 27.0 Å². The topological polar surface area (TPSA) is 98.2 Å². The summed E-state index contributed by atoms with van der Waals surface area (Å²) in [4.78, 5) is 33.5. The molecule has 4 heterocycles. The van der Waals surface area contributed by atoms with Gasteiger partial charge in [0, 0.05) is 24.7 Å². The molecule has 11 heteroatoms. The molecule has 1 aliphatic carbocycles. The van der Waals surface area contributed by atoms with Gasteiger partial charge in [-0.3, -0.25) is 14.3 Å². The average molecular weight is 551 g/mol. The van der Waals surface area contributed by atoms with Gasteiger partial charge in [0.15, 0.2) is 0 Å². The summed E-state index contributed by atoms with van der Waals surface area (Å²) in [5.41, 5.74) is 3.03. The van der Waals surface area contributed by atoms with Crippen LogP contribution in [0.2, 0.25) is 0 Å². The molecule has 2 aliphatic rings. The van der Waals surface area contributed by atoms with Gasteiger partial charge < -0.3 is 19.8 Å². The van der Waals surface area contributed by atoms with Crippen molar-refractivity contribution in [2.45, 2.75) is 37.8 Å². The molecule has 6 rings (SSSR count). The first-order valence-corrected chi connectivity index (χ1v) is 12.4. The number of pyridine rings is 1.